The maximum absolute atomic E-state index is 13.2. The molecule has 0 spiro atoms. The highest BCUT2D eigenvalue weighted by Crippen LogP contribution is 2.30. The van der Waals surface area contributed by atoms with Crippen molar-refractivity contribution in [3.63, 3.8) is 0 Å². The van der Waals surface area contributed by atoms with E-state index < -0.39 is 10.0 Å². The summed E-state index contributed by atoms with van der Waals surface area (Å²) in [5.74, 6) is -0.692. The van der Waals surface area contributed by atoms with Crippen LogP contribution < -0.4 is 14.9 Å². The van der Waals surface area contributed by atoms with Crippen molar-refractivity contribution < 1.29 is 17.6 Å². The normalized spacial score (nSPS) is 14.8. The third kappa shape index (κ3) is 6.41. The van der Waals surface area contributed by atoms with Crippen molar-refractivity contribution in [2.75, 3.05) is 42.8 Å². The molecule has 0 aliphatic carbocycles. The lowest BCUT2D eigenvalue weighted by molar-refractivity contribution is 0.0951. The van der Waals surface area contributed by atoms with Gasteiger partial charge < -0.3 is 15.1 Å². The van der Waals surface area contributed by atoms with Gasteiger partial charge in [0.05, 0.1) is 16.3 Å². The summed E-state index contributed by atoms with van der Waals surface area (Å²) in [6.45, 7) is 5.45. The molecular formula is C27H31FN4O3S. The van der Waals surface area contributed by atoms with Crippen LogP contribution in [-0.4, -0.2) is 52.5 Å². The molecule has 1 amide bonds. The van der Waals surface area contributed by atoms with E-state index in [1.807, 2.05) is 6.92 Å². The Morgan fingerprint density at radius 3 is 2.39 bits per heavy atom. The number of carbonyl (C=O) groups excluding carboxylic acids is 1. The first-order valence-electron chi connectivity index (χ1n) is 11.9. The topological polar surface area (TPSA) is 81.7 Å². The van der Waals surface area contributed by atoms with Gasteiger partial charge in [-0.05, 0) is 75.0 Å². The molecule has 3 aromatic rings. The molecule has 3 aromatic carbocycles. The Morgan fingerprint density at radius 1 is 0.944 bits per heavy atom. The summed E-state index contributed by atoms with van der Waals surface area (Å²) >= 11 is 0. The molecule has 36 heavy (non-hydrogen) atoms. The van der Waals surface area contributed by atoms with Gasteiger partial charge in [0.2, 0.25) is 0 Å². The summed E-state index contributed by atoms with van der Waals surface area (Å²) < 4.78 is 42.3. The molecule has 0 bridgehead atoms. The quantitative estimate of drug-likeness (QED) is 0.502. The number of benzene rings is 3. The molecule has 4 rings (SSSR count). The molecular weight excluding hydrogens is 479 g/mol. The van der Waals surface area contributed by atoms with Crippen molar-refractivity contribution in [3.05, 3.63) is 89.2 Å². The van der Waals surface area contributed by atoms with Gasteiger partial charge >= 0.3 is 0 Å². The van der Waals surface area contributed by atoms with E-state index in [1.165, 1.54) is 12.1 Å². The number of likely N-dealkylation sites (N-methyl/N-ethyl adjacent to an activating group) is 1. The fraction of sp³-hybridized carbons (Fsp3) is 0.296. The Bertz CT molecular complexity index is 1310. The maximum atomic E-state index is 13.2. The number of amides is 1. The molecule has 0 saturated carbocycles. The minimum absolute atomic E-state index is 0.154. The fourth-order valence-electron chi connectivity index (χ4n) is 4.13. The summed E-state index contributed by atoms with van der Waals surface area (Å²) in [5.41, 5.74) is 3.14. The molecule has 1 saturated heterocycles. The van der Waals surface area contributed by atoms with Crippen LogP contribution in [0.5, 0.6) is 0 Å². The van der Waals surface area contributed by atoms with Gasteiger partial charge in [-0.2, -0.15) is 0 Å². The Balaban J connectivity index is 1.62. The number of sulfonamides is 1. The number of nitrogens with zero attached hydrogens (tertiary/aromatic N) is 2. The van der Waals surface area contributed by atoms with Crippen molar-refractivity contribution in [1.82, 2.24) is 10.2 Å². The van der Waals surface area contributed by atoms with E-state index >= 15 is 0 Å². The number of rotatable bonds is 7. The first-order valence-corrected chi connectivity index (χ1v) is 13.4. The van der Waals surface area contributed by atoms with Crippen LogP contribution in [0.4, 0.5) is 15.8 Å². The van der Waals surface area contributed by atoms with Gasteiger partial charge in [0.1, 0.15) is 5.82 Å². The maximum Gasteiger partial charge on any atom is 0.261 e. The minimum Gasteiger partial charge on any atom is -0.369 e. The first kappa shape index (κ1) is 25.7. The van der Waals surface area contributed by atoms with Crippen LogP contribution in [0.25, 0.3) is 0 Å². The molecule has 0 unspecified atom stereocenters. The van der Waals surface area contributed by atoms with Crippen molar-refractivity contribution in [1.29, 1.82) is 0 Å². The van der Waals surface area contributed by atoms with E-state index in [1.54, 1.807) is 54.6 Å². The SMILES string of the molecule is Cc1ccc(S(=O)(=O)Nc2cc(C(=O)NCc3ccc(F)cc3)ccc2N2CCCN(C)CC2)cc1. The molecule has 190 valence electrons. The van der Waals surface area contributed by atoms with Crippen molar-refractivity contribution in [3.8, 4) is 0 Å². The van der Waals surface area contributed by atoms with Gasteiger partial charge in [0.15, 0.2) is 0 Å². The Kier molecular flexibility index (Phi) is 7.91. The van der Waals surface area contributed by atoms with E-state index in [-0.39, 0.29) is 23.2 Å². The molecule has 0 atom stereocenters. The molecule has 2 N–H and O–H groups in total. The van der Waals surface area contributed by atoms with Crippen LogP contribution >= 0.6 is 0 Å². The van der Waals surface area contributed by atoms with Gasteiger partial charge in [-0.1, -0.05) is 29.8 Å². The number of aryl methyl sites for hydroxylation is 1. The highest BCUT2D eigenvalue weighted by atomic mass is 32.2. The highest BCUT2D eigenvalue weighted by Gasteiger charge is 2.22. The zero-order valence-electron chi connectivity index (χ0n) is 20.5. The number of nitrogens with one attached hydrogen (secondary N) is 2. The van der Waals surface area contributed by atoms with Gasteiger partial charge in [-0.3, -0.25) is 9.52 Å². The average molecular weight is 511 g/mol. The number of halogens is 1. The van der Waals surface area contributed by atoms with Gasteiger partial charge in [0, 0.05) is 31.7 Å². The molecule has 0 aromatic heterocycles. The Morgan fingerprint density at radius 2 is 1.67 bits per heavy atom. The second-order valence-electron chi connectivity index (χ2n) is 9.10. The number of hydrogen-bond acceptors (Lipinski definition) is 5. The third-order valence-electron chi connectivity index (χ3n) is 6.26. The predicted octanol–water partition coefficient (Wildman–Crippen LogP) is 4.01. The number of hydrogen-bond donors (Lipinski definition) is 2. The van der Waals surface area contributed by atoms with E-state index in [4.69, 9.17) is 0 Å². The van der Waals surface area contributed by atoms with E-state index in [0.29, 0.717) is 11.3 Å². The summed E-state index contributed by atoms with van der Waals surface area (Å²) in [6.07, 6.45) is 0.945. The Labute approximate surface area is 212 Å². The lowest BCUT2D eigenvalue weighted by Crippen LogP contribution is -2.30. The average Bonchev–Trinajstić information content (AvgIpc) is 3.08. The zero-order chi connectivity index (χ0) is 25.7. The lowest BCUT2D eigenvalue weighted by atomic mass is 10.1. The van der Waals surface area contributed by atoms with Crippen molar-refractivity contribution in [2.24, 2.45) is 0 Å². The molecule has 0 radical (unpaired) electrons. The third-order valence-corrected chi connectivity index (χ3v) is 7.64. The standard InChI is InChI=1S/C27H31FN4O3S/c1-20-4-11-24(12-5-20)36(34,35)30-25-18-22(27(33)29-19-21-6-9-23(28)10-7-21)8-13-26(25)32-15-3-14-31(2)16-17-32/h4-13,18,30H,3,14-17,19H2,1-2H3,(H,29,33). The molecule has 1 fully saturated rings. The second-order valence-corrected chi connectivity index (χ2v) is 10.8. The van der Waals surface area contributed by atoms with Crippen LogP contribution in [0, 0.1) is 12.7 Å². The van der Waals surface area contributed by atoms with Crippen LogP contribution in [0.3, 0.4) is 0 Å². The predicted molar refractivity (Wildman–Crippen MR) is 140 cm³/mol. The van der Waals surface area contributed by atoms with Crippen molar-refractivity contribution in [2.45, 2.75) is 24.8 Å². The monoisotopic (exact) mass is 510 g/mol. The van der Waals surface area contributed by atoms with Crippen molar-refractivity contribution >= 4 is 27.3 Å². The lowest BCUT2D eigenvalue weighted by Gasteiger charge is -2.26. The Hall–Kier alpha value is -3.43. The first-order chi connectivity index (χ1) is 17.2. The summed E-state index contributed by atoms with van der Waals surface area (Å²) in [6, 6.07) is 17.6. The zero-order valence-corrected chi connectivity index (χ0v) is 21.3. The van der Waals surface area contributed by atoms with Crippen LogP contribution in [0.1, 0.15) is 27.9 Å². The minimum atomic E-state index is -3.87. The molecule has 1 heterocycles. The van der Waals surface area contributed by atoms with Crippen LogP contribution in [0.15, 0.2) is 71.6 Å². The van der Waals surface area contributed by atoms with Crippen LogP contribution in [0.2, 0.25) is 0 Å². The second kappa shape index (κ2) is 11.1. The molecule has 7 nitrogen and oxygen atoms in total. The molecule has 9 heteroatoms. The van der Waals surface area contributed by atoms with Gasteiger partial charge in [-0.15, -0.1) is 0 Å². The van der Waals surface area contributed by atoms with Crippen LogP contribution in [-0.2, 0) is 16.6 Å². The highest BCUT2D eigenvalue weighted by molar-refractivity contribution is 7.92. The van der Waals surface area contributed by atoms with Gasteiger partial charge in [0.25, 0.3) is 15.9 Å². The smallest absolute Gasteiger partial charge is 0.261 e. The largest absolute Gasteiger partial charge is 0.369 e. The summed E-state index contributed by atoms with van der Waals surface area (Å²) in [5, 5.41) is 2.82. The number of anilines is 2. The van der Waals surface area contributed by atoms with E-state index in [2.05, 4.69) is 26.9 Å². The summed E-state index contributed by atoms with van der Waals surface area (Å²) in [4.78, 5) is 17.5. The van der Waals surface area contributed by atoms with E-state index in [0.717, 1.165) is 49.4 Å². The fourth-order valence-corrected chi connectivity index (χ4v) is 5.20. The molecule has 1 aliphatic rings. The molecule has 1 aliphatic heterocycles. The van der Waals surface area contributed by atoms with E-state index in [9.17, 15) is 17.6 Å². The summed E-state index contributed by atoms with van der Waals surface area (Å²) in [7, 11) is -1.80. The number of carbonyl (C=O) groups is 1. The van der Waals surface area contributed by atoms with Gasteiger partial charge in [-0.25, -0.2) is 12.8 Å².